The Morgan fingerprint density at radius 2 is 1.81 bits per heavy atom. The Morgan fingerprint density at radius 3 is 2.47 bits per heavy atom. The minimum absolute atomic E-state index is 0.0422. The van der Waals surface area contributed by atoms with Gasteiger partial charge in [0.15, 0.2) is 0 Å². The average molecular weight is 452 g/mol. The molecule has 0 aliphatic rings. The first kappa shape index (κ1) is 23.5. The van der Waals surface area contributed by atoms with Crippen molar-refractivity contribution in [3.8, 4) is 5.75 Å². The Hall–Kier alpha value is -3.16. The fraction of sp³-hybridized carbons (Fsp3) is 0.280. The molecule has 32 heavy (non-hydrogen) atoms. The number of nitrogens with zero attached hydrogens (tertiary/aromatic N) is 1. The maximum atomic E-state index is 13.2. The summed E-state index contributed by atoms with van der Waals surface area (Å²) in [5.74, 6) is 0.312. The Morgan fingerprint density at radius 1 is 1.03 bits per heavy atom. The Balaban J connectivity index is 1.73. The summed E-state index contributed by atoms with van der Waals surface area (Å²) in [5, 5.41) is 7.79. The zero-order chi connectivity index (χ0) is 22.9. The lowest BCUT2D eigenvalue weighted by molar-refractivity contribution is -0.123. The van der Waals surface area contributed by atoms with Crippen LogP contribution < -0.4 is 15.4 Å². The van der Waals surface area contributed by atoms with Gasteiger partial charge in [0.25, 0.3) is 5.91 Å². The molecular formula is C25H29N3O3S. The fourth-order valence-electron chi connectivity index (χ4n) is 3.46. The molecule has 0 spiro atoms. The summed E-state index contributed by atoms with van der Waals surface area (Å²) >= 11 is 1.35. The summed E-state index contributed by atoms with van der Waals surface area (Å²) in [7, 11) is 5.57. The van der Waals surface area contributed by atoms with Crippen LogP contribution >= 0.6 is 11.3 Å². The molecule has 0 saturated heterocycles. The van der Waals surface area contributed by atoms with Crippen LogP contribution in [0.5, 0.6) is 5.75 Å². The molecule has 7 heteroatoms. The highest BCUT2D eigenvalue weighted by Crippen LogP contribution is 2.22. The first-order valence-corrected chi connectivity index (χ1v) is 11.3. The first-order valence-electron chi connectivity index (χ1n) is 10.4. The number of carbonyl (C=O) groups is 2. The van der Waals surface area contributed by atoms with E-state index >= 15 is 0 Å². The highest BCUT2D eigenvalue weighted by Gasteiger charge is 2.24. The molecule has 2 aromatic carbocycles. The minimum atomic E-state index is -0.680. The minimum Gasteiger partial charge on any atom is -0.497 e. The van der Waals surface area contributed by atoms with E-state index in [0.29, 0.717) is 17.8 Å². The van der Waals surface area contributed by atoms with E-state index in [9.17, 15) is 9.59 Å². The number of likely N-dealkylation sites (N-methyl/N-ethyl adjacent to an activating group) is 1. The quantitative estimate of drug-likeness (QED) is 0.495. The van der Waals surface area contributed by atoms with Crippen LogP contribution in [0.4, 0.5) is 0 Å². The lowest BCUT2D eigenvalue weighted by Crippen LogP contribution is -2.49. The summed E-state index contributed by atoms with van der Waals surface area (Å²) in [6.45, 7) is 0.402. The number of hydrogen-bond donors (Lipinski definition) is 2. The summed E-state index contributed by atoms with van der Waals surface area (Å²) in [6.07, 6.45) is 0.412. The molecule has 1 aromatic heterocycles. The van der Waals surface area contributed by atoms with Gasteiger partial charge in [-0.1, -0.05) is 48.5 Å². The summed E-state index contributed by atoms with van der Waals surface area (Å²) < 4.78 is 5.34. The number of hydrogen-bond acceptors (Lipinski definition) is 5. The highest BCUT2D eigenvalue weighted by atomic mass is 32.1. The SMILES string of the molecule is COc1cccc(C(CNC(=O)C(Cc2ccccc2)NC(=O)c2cccs2)N(C)C)c1. The molecule has 0 fully saturated rings. The molecule has 0 saturated carbocycles. The van der Waals surface area contributed by atoms with Crippen molar-refractivity contribution in [2.45, 2.75) is 18.5 Å². The molecule has 2 N–H and O–H groups in total. The summed E-state index contributed by atoms with van der Waals surface area (Å²) in [6, 6.07) is 20.4. The Labute approximate surface area is 193 Å². The van der Waals surface area contributed by atoms with E-state index < -0.39 is 6.04 Å². The van der Waals surface area contributed by atoms with Crippen LogP contribution in [0.15, 0.2) is 72.1 Å². The zero-order valence-corrected chi connectivity index (χ0v) is 19.4. The van der Waals surface area contributed by atoms with Crippen molar-refractivity contribution in [2.75, 3.05) is 27.7 Å². The number of nitrogens with one attached hydrogen (secondary N) is 2. The van der Waals surface area contributed by atoms with Gasteiger partial charge in [-0.2, -0.15) is 0 Å². The van der Waals surface area contributed by atoms with Gasteiger partial charge in [0.05, 0.1) is 18.0 Å². The first-order chi connectivity index (χ1) is 15.5. The van der Waals surface area contributed by atoms with E-state index in [1.807, 2.05) is 85.0 Å². The van der Waals surface area contributed by atoms with Crippen LogP contribution in [0.2, 0.25) is 0 Å². The number of amides is 2. The van der Waals surface area contributed by atoms with Gasteiger partial charge < -0.3 is 20.3 Å². The number of carbonyl (C=O) groups excluding carboxylic acids is 2. The van der Waals surface area contributed by atoms with Gasteiger partial charge in [0.1, 0.15) is 11.8 Å². The molecule has 6 nitrogen and oxygen atoms in total. The van der Waals surface area contributed by atoms with Crippen LogP contribution in [0.1, 0.15) is 26.8 Å². The fourth-order valence-corrected chi connectivity index (χ4v) is 4.09. The molecule has 0 aliphatic carbocycles. The van der Waals surface area contributed by atoms with E-state index in [0.717, 1.165) is 16.9 Å². The largest absolute Gasteiger partial charge is 0.497 e. The third-order valence-electron chi connectivity index (χ3n) is 5.22. The standard InChI is InChI=1S/C25H29N3O3S/c1-28(2)22(19-11-7-12-20(16-19)31-3)17-26-24(29)21(15-18-9-5-4-6-10-18)27-25(30)23-13-8-14-32-23/h4-14,16,21-22H,15,17H2,1-3H3,(H,26,29)(H,27,30). The van der Waals surface area contributed by atoms with Crippen molar-refractivity contribution in [3.63, 3.8) is 0 Å². The second-order valence-corrected chi connectivity index (χ2v) is 8.64. The molecule has 3 rings (SSSR count). The van der Waals surface area contributed by atoms with Crippen molar-refractivity contribution in [1.29, 1.82) is 0 Å². The van der Waals surface area contributed by atoms with Gasteiger partial charge in [-0.05, 0) is 48.8 Å². The topological polar surface area (TPSA) is 70.7 Å². The monoisotopic (exact) mass is 451 g/mol. The third-order valence-corrected chi connectivity index (χ3v) is 6.09. The van der Waals surface area contributed by atoms with Crippen molar-refractivity contribution in [1.82, 2.24) is 15.5 Å². The molecule has 3 aromatic rings. The van der Waals surface area contributed by atoms with E-state index in [2.05, 4.69) is 10.6 Å². The molecule has 2 amide bonds. The number of thiophene rings is 1. The number of ether oxygens (including phenoxy) is 1. The smallest absolute Gasteiger partial charge is 0.262 e. The second kappa shape index (κ2) is 11.5. The van der Waals surface area contributed by atoms with E-state index in [-0.39, 0.29) is 17.9 Å². The number of methoxy groups -OCH3 is 1. The third kappa shape index (κ3) is 6.42. The van der Waals surface area contributed by atoms with Gasteiger partial charge in [0.2, 0.25) is 5.91 Å². The molecule has 0 radical (unpaired) electrons. The Kier molecular flexibility index (Phi) is 8.41. The molecule has 2 atom stereocenters. The van der Waals surface area contributed by atoms with Crippen LogP contribution in [0, 0.1) is 0 Å². The van der Waals surface area contributed by atoms with Crippen LogP contribution in [-0.2, 0) is 11.2 Å². The van der Waals surface area contributed by atoms with Gasteiger partial charge in [-0.25, -0.2) is 0 Å². The molecule has 168 valence electrons. The number of rotatable bonds is 10. The lowest BCUT2D eigenvalue weighted by atomic mass is 10.0. The summed E-state index contributed by atoms with van der Waals surface area (Å²) in [4.78, 5) is 28.4. The molecule has 2 unspecified atom stereocenters. The lowest BCUT2D eigenvalue weighted by Gasteiger charge is -2.27. The maximum Gasteiger partial charge on any atom is 0.262 e. The maximum absolute atomic E-state index is 13.2. The summed E-state index contributed by atoms with van der Waals surface area (Å²) in [5.41, 5.74) is 2.02. The molecule has 1 heterocycles. The van der Waals surface area contributed by atoms with Crippen LogP contribution in [0.25, 0.3) is 0 Å². The van der Waals surface area contributed by atoms with Gasteiger partial charge in [0, 0.05) is 13.0 Å². The van der Waals surface area contributed by atoms with Crippen LogP contribution in [-0.4, -0.2) is 50.5 Å². The van der Waals surface area contributed by atoms with Gasteiger partial charge in [-0.15, -0.1) is 11.3 Å². The molecule has 0 aliphatic heterocycles. The van der Waals surface area contributed by atoms with Gasteiger partial charge in [-0.3, -0.25) is 9.59 Å². The predicted molar refractivity (Wildman–Crippen MR) is 128 cm³/mol. The van der Waals surface area contributed by atoms with Crippen molar-refractivity contribution in [3.05, 3.63) is 88.1 Å². The van der Waals surface area contributed by atoms with E-state index in [4.69, 9.17) is 4.74 Å². The van der Waals surface area contributed by atoms with Crippen molar-refractivity contribution in [2.24, 2.45) is 0 Å². The van der Waals surface area contributed by atoms with E-state index in [1.165, 1.54) is 11.3 Å². The predicted octanol–water partition coefficient (Wildman–Crippen LogP) is 3.52. The van der Waals surface area contributed by atoms with Gasteiger partial charge >= 0.3 is 0 Å². The molecular weight excluding hydrogens is 422 g/mol. The number of benzene rings is 2. The van der Waals surface area contributed by atoms with Crippen molar-refractivity contribution < 1.29 is 14.3 Å². The average Bonchev–Trinajstić information content (AvgIpc) is 3.34. The van der Waals surface area contributed by atoms with Crippen molar-refractivity contribution >= 4 is 23.2 Å². The zero-order valence-electron chi connectivity index (χ0n) is 18.6. The normalized spacial score (nSPS) is 12.8. The van der Waals surface area contributed by atoms with E-state index in [1.54, 1.807) is 13.2 Å². The highest BCUT2D eigenvalue weighted by molar-refractivity contribution is 7.12. The van der Waals surface area contributed by atoms with Crippen LogP contribution in [0.3, 0.4) is 0 Å². The Bertz CT molecular complexity index is 1010. The molecule has 0 bridgehead atoms. The second-order valence-electron chi connectivity index (χ2n) is 7.69.